The number of ether oxygens (including phenoxy) is 1. The zero-order valence-electron chi connectivity index (χ0n) is 10.6. The highest BCUT2D eigenvalue weighted by Gasteiger charge is 2.34. The van der Waals surface area contributed by atoms with E-state index in [1.165, 1.54) is 18.2 Å². The summed E-state index contributed by atoms with van der Waals surface area (Å²) < 4.78 is 6.97. The number of benzene rings is 1. The van der Waals surface area contributed by atoms with Gasteiger partial charge in [0.15, 0.2) is 0 Å². The molecule has 19 heavy (non-hydrogen) atoms. The maximum Gasteiger partial charge on any atom is 0.129 e. The second kappa shape index (κ2) is 4.46. The van der Waals surface area contributed by atoms with Gasteiger partial charge in [-0.05, 0) is 43.2 Å². The lowest BCUT2D eigenvalue weighted by Gasteiger charge is -2.33. The van der Waals surface area contributed by atoms with Crippen molar-refractivity contribution in [2.75, 3.05) is 18.0 Å². The van der Waals surface area contributed by atoms with Crippen LogP contribution in [0.25, 0.3) is 10.9 Å². The van der Waals surface area contributed by atoms with Gasteiger partial charge in [0.2, 0.25) is 0 Å². The molecule has 2 aromatic rings. The number of halogens is 1. The molecular weight excluding hydrogens is 304 g/mol. The van der Waals surface area contributed by atoms with Crippen LogP contribution in [0.3, 0.4) is 0 Å². The van der Waals surface area contributed by atoms with Gasteiger partial charge < -0.3 is 9.64 Å². The van der Waals surface area contributed by atoms with Crippen molar-refractivity contribution in [1.82, 2.24) is 4.98 Å². The monoisotopic (exact) mass is 318 g/mol. The van der Waals surface area contributed by atoms with Crippen molar-refractivity contribution in [3.05, 3.63) is 34.8 Å². The van der Waals surface area contributed by atoms with E-state index in [1.54, 1.807) is 0 Å². The number of fused-ring (bicyclic) bond motifs is 3. The third kappa shape index (κ3) is 2.13. The van der Waals surface area contributed by atoms with E-state index in [0.29, 0.717) is 12.2 Å². The number of nitrogens with zero attached hydrogens (tertiary/aromatic N) is 2. The molecule has 3 nitrogen and oxygen atoms in total. The number of anilines is 1. The number of rotatable bonds is 1. The Balaban J connectivity index is 1.69. The molecule has 2 fully saturated rings. The lowest BCUT2D eigenvalue weighted by Crippen LogP contribution is -2.43. The molecule has 4 rings (SSSR count). The number of hydrogen-bond donors (Lipinski definition) is 0. The summed E-state index contributed by atoms with van der Waals surface area (Å²) in [5.74, 6) is 1.08. The number of hydrogen-bond acceptors (Lipinski definition) is 3. The van der Waals surface area contributed by atoms with Crippen LogP contribution in [0.15, 0.2) is 34.8 Å². The molecule has 1 aromatic carbocycles. The minimum Gasteiger partial charge on any atom is -0.371 e. The molecule has 98 valence electrons. The van der Waals surface area contributed by atoms with Gasteiger partial charge in [0.1, 0.15) is 5.82 Å². The van der Waals surface area contributed by atoms with Gasteiger partial charge in [0.25, 0.3) is 0 Å². The van der Waals surface area contributed by atoms with Crippen LogP contribution in [-0.4, -0.2) is 30.3 Å². The Morgan fingerprint density at radius 2 is 1.89 bits per heavy atom. The van der Waals surface area contributed by atoms with Crippen LogP contribution in [0.5, 0.6) is 0 Å². The Morgan fingerprint density at radius 3 is 2.68 bits per heavy atom. The SMILES string of the molecule is Brc1ccc2nc(N3CC4CCC(C3)O4)ccc2c1. The first-order valence-corrected chi connectivity index (χ1v) is 7.54. The van der Waals surface area contributed by atoms with Crippen molar-refractivity contribution < 1.29 is 4.74 Å². The average molecular weight is 319 g/mol. The summed E-state index contributed by atoms with van der Waals surface area (Å²) in [6.45, 7) is 1.96. The first-order chi connectivity index (χ1) is 9.28. The summed E-state index contributed by atoms with van der Waals surface area (Å²) in [6.07, 6.45) is 3.20. The molecule has 2 unspecified atom stereocenters. The minimum absolute atomic E-state index is 0.404. The van der Waals surface area contributed by atoms with E-state index in [-0.39, 0.29) is 0 Å². The maximum atomic E-state index is 5.88. The molecule has 0 spiro atoms. The fourth-order valence-corrected chi connectivity index (χ4v) is 3.44. The number of pyridine rings is 1. The van der Waals surface area contributed by atoms with E-state index in [4.69, 9.17) is 9.72 Å². The van der Waals surface area contributed by atoms with E-state index >= 15 is 0 Å². The Labute approximate surface area is 120 Å². The molecule has 3 heterocycles. The Bertz CT molecular complexity index is 619. The van der Waals surface area contributed by atoms with Gasteiger partial charge in [0.05, 0.1) is 17.7 Å². The molecule has 1 aromatic heterocycles. The lowest BCUT2D eigenvalue weighted by molar-refractivity contribution is 0.0302. The quantitative estimate of drug-likeness (QED) is 0.806. The van der Waals surface area contributed by atoms with Crippen molar-refractivity contribution >= 4 is 32.7 Å². The summed E-state index contributed by atoms with van der Waals surface area (Å²) >= 11 is 3.50. The van der Waals surface area contributed by atoms with E-state index < -0.39 is 0 Å². The van der Waals surface area contributed by atoms with Gasteiger partial charge in [-0.15, -0.1) is 0 Å². The first-order valence-electron chi connectivity index (χ1n) is 6.75. The van der Waals surface area contributed by atoms with Gasteiger partial charge in [-0.25, -0.2) is 4.98 Å². The fraction of sp³-hybridized carbons (Fsp3) is 0.400. The molecular formula is C15H15BrN2O. The summed E-state index contributed by atoms with van der Waals surface area (Å²) in [7, 11) is 0. The number of aromatic nitrogens is 1. The van der Waals surface area contributed by atoms with Crippen LogP contribution < -0.4 is 4.90 Å². The smallest absolute Gasteiger partial charge is 0.129 e. The molecule has 2 atom stereocenters. The van der Waals surface area contributed by atoms with Gasteiger partial charge in [-0.1, -0.05) is 15.9 Å². The highest BCUT2D eigenvalue weighted by molar-refractivity contribution is 9.10. The van der Waals surface area contributed by atoms with E-state index in [2.05, 4.69) is 45.1 Å². The van der Waals surface area contributed by atoms with Crippen LogP contribution in [-0.2, 0) is 4.74 Å². The number of morpholine rings is 1. The molecule has 0 saturated carbocycles. The fourth-order valence-electron chi connectivity index (χ4n) is 3.06. The van der Waals surface area contributed by atoms with Crippen molar-refractivity contribution in [2.45, 2.75) is 25.0 Å². The topological polar surface area (TPSA) is 25.4 Å². The second-order valence-electron chi connectivity index (χ2n) is 5.37. The van der Waals surface area contributed by atoms with Crippen molar-refractivity contribution in [2.24, 2.45) is 0 Å². The van der Waals surface area contributed by atoms with E-state index in [0.717, 1.165) is 28.9 Å². The first kappa shape index (κ1) is 11.7. The predicted molar refractivity (Wildman–Crippen MR) is 79.6 cm³/mol. The highest BCUT2D eigenvalue weighted by atomic mass is 79.9. The third-order valence-corrected chi connectivity index (χ3v) is 4.50. The highest BCUT2D eigenvalue weighted by Crippen LogP contribution is 2.30. The molecule has 2 aliphatic heterocycles. The van der Waals surface area contributed by atoms with Gasteiger partial charge in [-0.2, -0.15) is 0 Å². The van der Waals surface area contributed by atoms with E-state index in [1.807, 2.05) is 6.07 Å². The van der Waals surface area contributed by atoms with Gasteiger partial charge in [-0.3, -0.25) is 0 Å². The van der Waals surface area contributed by atoms with Crippen LogP contribution in [0.4, 0.5) is 5.82 Å². The zero-order valence-corrected chi connectivity index (χ0v) is 12.1. The van der Waals surface area contributed by atoms with Crippen molar-refractivity contribution in [3.8, 4) is 0 Å². The molecule has 2 bridgehead atoms. The average Bonchev–Trinajstić information content (AvgIpc) is 2.77. The largest absolute Gasteiger partial charge is 0.371 e. The molecule has 0 radical (unpaired) electrons. The summed E-state index contributed by atoms with van der Waals surface area (Å²) in [5, 5.41) is 1.18. The normalized spacial score (nSPS) is 26.1. The van der Waals surface area contributed by atoms with Crippen LogP contribution in [0, 0.1) is 0 Å². The van der Waals surface area contributed by atoms with Gasteiger partial charge >= 0.3 is 0 Å². The Kier molecular flexibility index (Phi) is 2.74. The van der Waals surface area contributed by atoms with Crippen molar-refractivity contribution in [3.63, 3.8) is 0 Å². The molecule has 0 amide bonds. The summed E-state index contributed by atoms with van der Waals surface area (Å²) in [5.41, 5.74) is 1.06. The Morgan fingerprint density at radius 1 is 1.11 bits per heavy atom. The summed E-state index contributed by atoms with van der Waals surface area (Å²) in [4.78, 5) is 7.15. The van der Waals surface area contributed by atoms with Crippen molar-refractivity contribution in [1.29, 1.82) is 0 Å². The second-order valence-corrected chi connectivity index (χ2v) is 6.28. The molecule has 0 N–H and O–H groups in total. The molecule has 0 aliphatic carbocycles. The van der Waals surface area contributed by atoms with Gasteiger partial charge in [0, 0.05) is 22.9 Å². The Hall–Kier alpha value is -1.13. The molecule has 2 saturated heterocycles. The van der Waals surface area contributed by atoms with E-state index in [9.17, 15) is 0 Å². The predicted octanol–water partition coefficient (Wildman–Crippen LogP) is 3.36. The summed E-state index contributed by atoms with van der Waals surface area (Å²) in [6, 6.07) is 10.5. The lowest BCUT2D eigenvalue weighted by atomic mass is 10.2. The third-order valence-electron chi connectivity index (χ3n) is 4.00. The molecule has 2 aliphatic rings. The molecule has 4 heteroatoms. The standard InChI is InChI=1S/C15H15BrN2O/c16-11-2-5-14-10(7-11)1-6-15(17-14)18-8-12-3-4-13(9-18)19-12/h1-2,5-7,12-13H,3-4,8-9H2. The van der Waals surface area contributed by atoms with Crippen LogP contribution in [0.1, 0.15) is 12.8 Å². The van der Waals surface area contributed by atoms with Crippen LogP contribution in [0.2, 0.25) is 0 Å². The minimum atomic E-state index is 0.404. The zero-order chi connectivity index (χ0) is 12.8. The maximum absolute atomic E-state index is 5.88. The van der Waals surface area contributed by atoms with Crippen LogP contribution >= 0.6 is 15.9 Å².